The second-order valence-electron chi connectivity index (χ2n) is 5.73. The van der Waals surface area contributed by atoms with Crippen molar-refractivity contribution in [1.29, 1.82) is 0 Å². The third-order valence-corrected chi connectivity index (χ3v) is 2.70. The van der Waals surface area contributed by atoms with Crippen molar-refractivity contribution < 1.29 is 9.18 Å². The molecule has 0 aliphatic rings. The molecule has 0 heterocycles. The van der Waals surface area contributed by atoms with Gasteiger partial charge < -0.3 is 10.6 Å². The molecule has 0 spiro atoms. The summed E-state index contributed by atoms with van der Waals surface area (Å²) >= 11 is 0. The van der Waals surface area contributed by atoms with Gasteiger partial charge >= 0.3 is 0 Å². The molecule has 0 fully saturated rings. The number of carbonyl (C=O) groups excluding carboxylic acids is 1. The highest BCUT2D eigenvalue weighted by Crippen LogP contribution is 2.17. The van der Waals surface area contributed by atoms with Gasteiger partial charge in [0, 0.05) is 18.8 Å². The fraction of sp³-hybridized carbons (Fsp3) is 0.533. The van der Waals surface area contributed by atoms with Crippen molar-refractivity contribution in [3.63, 3.8) is 0 Å². The Balaban J connectivity index is 2.97. The predicted octanol–water partition coefficient (Wildman–Crippen LogP) is 3.16. The molecule has 4 heteroatoms. The number of nitrogens with two attached hydrogens (primary N) is 1. The van der Waals surface area contributed by atoms with Gasteiger partial charge in [-0.15, -0.1) is 0 Å². The molecule has 1 amide bonds. The van der Waals surface area contributed by atoms with Crippen LogP contribution in [-0.4, -0.2) is 23.9 Å². The van der Waals surface area contributed by atoms with Gasteiger partial charge in [-0.05, 0) is 30.0 Å². The quantitative estimate of drug-likeness (QED) is 0.832. The first-order valence-corrected chi connectivity index (χ1v) is 6.65. The van der Waals surface area contributed by atoms with Gasteiger partial charge in [0.1, 0.15) is 5.82 Å². The van der Waals surface area contributed by atoms with Crippen molar-refractivity contribution in [3.8, 4) is 0 Å². The number of anilines is 1. The molecule has 0 saturated heterocycles. The van der Waals surface area contributed by atoms with E-state index in [9.17, 15) is 9.18 Å². The second kappa shape index (κ2) is 6.55. The van der Waals surface area contributed by atoms with Crippen LogP contribution in [0.2, 0.25) is 0 Å². The molecule has 0 aliphatic carbocycles. The Bertz CT molecular complexity index is 434. The zero-order valence-corrected chi connectivity index (χ0v) is 12.1. The largest absolute Gasteiger partial charge is 0.398 e. The minimum Gasteiger partial charge on any atom is -0.398 e. The molecule has 0 atom stereocenters. The van der Waals surface area contributed by atoms with Crippen LogP contribution in [0, 0.1) is 17.7 Å². The molecule has 0 aromatic heterocycles. The summed E-state index contributed by atoms with van der Waals surface area (Å²) in [4.78, 5) is 14.3. The minimum absolute atomic E-state index is 0.125. The fourth-order valence-electron chi connectivity index (χ4n) is 2.02. The van der Waals surface area contributed by atoms with Crippen LogP contribution in [0.5, 0.6) is 0 Å². The normalized spacial score (nSPS) is 11.1. The maximum Gasteiger partial charge on any atom is 0.255 e. The van der Waals surface area contributed by atoms with E-state index < -0.39 is 5.82 Å². The van der Waals surface area contributed by atoms with E-state index in [1.54, 1.807) is 4.90 Å². The van der Waals surface area contributed by atoms with Crippen molar-refractivity contribution in [1.82, 2.24) is 4.90 Å². The highest BCUT2D eigenvalue weighted by atomic mass is 19.1. The number of rotatable bonds is 5. The lowest BCUT2D eigenvalue weighted by molar-refractivity contribution is 0.0716. The van der Waals surface area contributed by atoms with Crippen molar-refractivity contribution in [3.05, 3.63) is 29.6 Å². The zero-order chi connectivity index (χ0) is 14.6. The number of halogens is 1. The fourth-order valence-corrected chi connectivity index (χ4v) is 2.02. The van der Waals surface area contributed by atoms with Crippen molar-refractivity contribution in [2.75, 3.05) is 18.8 Å². The van der Waals surface area contributed by atoms with Crippen molar-refractivity contribution in [2.24, 2.45) is 11.8 Å². The lowest BCUT2D eigenvalue weighted by Gasteiger charge is -2.27. The van der Waals surface area contributed by atoms with Gasteiger partial charge in [0.15, 0.2) is 0 Å². The summed E-state index contributed by atoms with van der Waals surface area (Å²) in [6.45, 7) is 9.61. The summed E-state index contributed by atoms with van der Waals surface area (Å²) in [5.41, 5.74) is 6.31. The van der Waals surface area contributed by atoms with E-state index in [-0.39, 0.29) is 11.6 Å². The van der Waals surface area contributed by atoms with Crippen LogP contribution in [0.15, 0.2) is 18.2 Å². The average molecular weight is 266 g/mol. The van der Waals surface area contributed by atoms with E-state index in [1.807, 2.05) is 0 Å². The molecular formula is C15H23FN2O. The van der Waals surface area contributed by atoms with Gasteiger partial charge in [-0.1, -0.05) is 27.7 Å². The number of nitrogens with zero attached hydrogens (tertiary/aromatic N) is 1. The molecule has 106 valence electrons. The summed E-state index contributed by atoms with van der Waals surface area (Å²) in [5, 5.41) is 0. The summed E-state index contributed by atoms with van der Waals surface area (Å²) in [7, 11) is 0. The van der Waals surface area contributed by atoms with Crippen molar-refractivity contribution in [2.45, 2.75) is 27.7 Å². The number of amides is 1. The summed E-state index contributed by atoms with van der Waals surface area (Å²) in [6, 6.07) is 3.92. The highest BCUT2D eigenvalue weighted by molar-refractivity contribution is 5.99. The van der Waals surface area contributed by atoms with Gasteiger partial charge in [-0.25, -0.2) is 4.39 Å². The Hall–Kier alpha value is -1.58. The minimum atomic E-state index is -0.423. The van der Waals surface area contributed by atoms with Crippen molar-refractivity contribution >= 4 is 11.6 Å². The Kier molecular flexibility index (Phi) is 5.33. The molecule has 0 saturated carbocycles. The van der Waals surface area contributed by atoms with E-state index in [1.165, 1.54) is 18.2 Å². The predicted molar refractivity (Wildman–Crippen MR) is 76.4 cm³/mol. The van der Waals surface area contributed by atoms with Gasteiger partial charge in [-0.2, -0.15) is 0 Å². The van der Waals surface area contributed by atoms with Crippen LogP contribution < -0.4 is 5.73 Å². The van der Waals surface area contributed by atoms with E-state index in [0.29, 0.717) is 30.5 Å². The molecule has 0 aliphatic heterocycles. The van der Waals surface area contributed by atoms with E-state index in [4.69, 9.17) is 5.73 Å². The highest BCUT2D eigenvalue weighted by Gasteiger charge is 2.20. The standard InChI is InChI=1S/C15H23FN2O/c1-10(2)8-18(9-11(3)4)15(19)13-6-5-12(16)7-14(13)17/h5-7,10-11H,8-9,17H2,1-4H3. The Morgan fingerprint density at radius 1 is 1.21 bits per heavy atom. The second-order valence-corrected chi connectivity index (χ2v) is 5.73. The number of hydrogen-bond donors (Lipinski definition) is 1. The van der Waals surface area contributed by atoms with E-state index in [2.05, 4.69) is 27.7 Å². The number of carbonyl (C=O) groups is 1. The van der Waals surface area contributed by atoms with E-state index >= 15 is 0 Å². The first kappa shape index (κ1) is 15.5. The van der Waals surface area contributed by atoms with Crippen LogP contribution in [0.3, 0.4) is 0 Å². The van der Waals surface area contributed by atoms with Gasteiger partial charge in [0.05, 0.1) is 5.56 Å². The summed E-state index contributed by atoms with van der Waals surface area (Å²) < 4.78 is 13.0. The number of benzene rings is 1. The molecule has 19 heavy (non-hydrogen) atoms. The summed E-state index contributed by atoms with van der Waals surface area (Å²) in [6.07, 6.45) is 0. The first-order valence-electron chi connectivity index (χ1n) is 6.65. The molecule has 1 aromatic rings. The molecule has 0 unspecified atom stereocenters. The van der Waals surface area contributed by atoms with Crippen LogP contribution >= 0.6 is 0 Å². The van der Waals surface area contributed by atoms with Crippen LogP contribution in [-0.2, 0) is 0 Å². The molecule has 2 N–H and O–H groups in total. The number of nitrogen functional groups attached to an aromatic ring is 1. The van der Waals surface area contributed by atoms with Gasteiger partial charge in [0.25, 0.3) is 5.91 Å². The summed E-state index contributed by atoms with van der Waals surface area (Å²) in [5.74, 6) is 0.210. The topological polar surface area (TPSA) is 46.3 Å². The first-order chi connectivity index (χ1) is 8.81. The number of hydrogen-bond acceptors (Lipinski definition) is 2. The Labute approximate surface area is 114 Å². The molecule has 1 aromatic carbocycles. The van der Waals surface area contributed by atoms with Crippen LogP contribution in [0.1, 0.15) is 38.1 Å². The smallest absolute Gasteiger partial charge is 0.255 e. The molecule has 1 rings (SSSR count). The monoisotopic (exact) mass is 266 g/mol. The van der Waals surface area contributed by atoms with Crippen LogP contribution in [0.25, 0.3) is 0 Å². The van der Waals surface area contributed by atoms with Gasteiger partial charge in [0.2, 0.25) is 0 Å². The Morgan fingerprint density at radius 3 is 2.16 bits per heavy atom. The molecule has 0 bridgehead atoms. The molecule has 0 radical (unpaired) electrons. The zero-order valence-electron chi connectivity index (χ0n) is 12.1. The van der Waals surface area contributed by atoms with E-state index in [0.717, 1.165) is 0 Å². The third kappa shape index (κ3) is 4.54. The third-order valence-electron chi connectivity index (χ3n) is 2.70. The lowest BCUT2D eigenvalue weighted by Crippen LogP contribution is -2.37. The maximum absolute atomic E-state index is 13.0. The van der Waals surface area contributed by atoms with Crippen LogP contribution in [0.4, 0.5) is 10.1 Å². The maximum atomic E-state index is 13.0. The SMILES string of the molecule is CC(C)CN(CC(C)C)C(=O)c1ccc(F)cc1N. The molecular weight excluding hydrogens is 243 g/mol. The lowest BCUT2D eigenvalue weighted by atomic mass is 10.1. The Morgan fingerprint density at radius 2 is 1.74 bits per heavy atom. The molecule has 3 nitrogen and oxygen atoms in total. The average Bonchev–Trinajstić information content (AvgIpc) is 2.26. The van der Waals surface area contributed by atoms with Gasteiger partial charge in [-0.3, -0.25) is 4.79 Å².